The number of aliphatic hydroxyl groups is 2. The third-order valence-electron chi connectivity index (χ3n) is 3.67. The van der Waals surface area contributed by atoms with Crippen molar-refractivity contribution in [3.05, 3.63) is 35.9 Å². The third-order valence-corrected chi connectivity index (χ3v) is 4.12. The van der Waals surface area contributed by atoms with Gasteiger partial charge in [0.05, 0.1) is 6.61 Å². The van der Waals surface area contributed by atoms with Crippen LogP contribution in [0.1, 0.15) is 5.56 Å². The van der Waals surface area contributed by atoms with Gasteiger partial charge in [0.1, 0.15) is 23.2 Å². The smallest absolute Gasteiger partial charge is 0.177 e. The molecule has 2 heterocycles. The van der Waals surface area contributed by atoms with Crippen molar-refractivity contribution in [2.45, 2.75) is 35.9 Å². The van der Waals surface area contributed by atoms with Crippen LogP contribution in [0.3, 0.4) is 0 Å². The summed E-state index contributed by atoms with van der Waals surface area (Å²) in [5, 5.41) is 20.2. The van der Waals surface area contributed by atoms with Gasteiger partial charge in [0.25, 0.3) is 0 Å². The predicted molar refractivity (Wildman–Crippen MR) is 65.4 cm³/mol. The number of rotatable bonds is 2. The molecular formula is C13H15ClO4. The summed E-state index contributed by atoms with van der Waals surface area (Å²) in [6.07, 6.45) is -1.93. The molecule has 0 unspecified atom stereocenters. The van der Waals surface area contributed by atoms with Crippen LogP contribution in [0.2, 0.25) is 0 Å². The van der Waals surface area contributed by atoms with Crippen molar-refractivity contribution in [3.63, 3.8) is 0 Å². The highest BCUT2D eigenvalue weighted by molar-refractivity contribution is 6.21. The number of ether oxygens (including phenoxy) is 2. The summed E-state index contributed by atoms with van der Waals surface area (Å²) in [5.41, 5.74) is -0.474. The lowest BCUT2D eigenvalue weighted by atomic mass is 9.81. The van der Waals surface area contributed by atoms with Gasteiger partial charge in [0.15, 0.2) is 6.29 Å². The fraction of sp³-hybridized carbons (Fsp3) is 0.538. The zero-order chi connectivity index (χ0) is 12.8. The van der Waals surface area contributed by atoms with Gasteiger partial charge in [0.2, 0.25) is 0 Å². The lowest BCUT2D eigenvalue weighted by Gasteiger charge is -2.42. The number of aliphatic hydroxyl groups excluding tert-OH is 1. The molecule has 2 bridgehead atoms. The molecule has 0 amide bonds. The van der Waals surface area contributed by atoms with Gasteiger partial charge < -0.3 is 19.7 Å². The summed E-state index contributed by atoms with van der Waals surface area (Å²) < 4.78 is 10.8. The van der Waals surface area contributed by atoms with E-state index in [1.54, 1.807) is 0 Å². The van der Waals surface area contributed by atoms with Crippen molar-refractivity contribution >= 4 is 11.6 Å². The topological polar surface area (TPSA) is 58.9 Å². The second-order valence-electron chi connectivity index (χ2n) is 4.87. The minimum atomic E-state index is -1.40. The zero-order valence-electron chi connectivity index (χ0n) is 9.70. The zero-order valence-corrected chi connectivity index (χ0v) is 10.5. The Morgan fingerprint density at radius 2 is 2.06 bits per heavy atom. The summed E-state index contributed by atoms with van der Waals surface area (Å²) in [7, 11) is 0. The first-order chi connectivity index (χ1) is 8.61. The molecule has 1 aromatic carbocycles. The molecule has 2 saturated heterocycles. The Bertz CT molecular complexity index is 426. The fourth-order valence-corrected chi connectivity index (χ4v) is 2.96. The molecule has 2 aliphatic rings. The van der Waals surface area contributed by atoms with Crippen molar-refractivity contribution in [1.29, 1.82) is 0 Å². The second kappa shape index (κ2) is 4.47. The van der Waals surface area contributed by atoms with Crippen molar-refractivity contribution < 1.29 is 19.7 Å². The first kappa shape index (κ1) is 12.4. The molecule has 98 valence electrons. The van der Waals surface area contributed by atoms with Crippen LogP contribution in [0.5, 0.6) is 0 Å². The Balaban J connectivity index is 1.88. The van der Waals surface area contributed by atoms with Gasteiger partial charge in [-0.05, 0) is 5.56 Å². The van der Waals surface area contributed by atoms with Crippen LogP contribution in [-0.4, -0.2) is 46.3 Å². The number of hydrogen-bond acceptors (Lipinski definition) is 4. The van der Waals surface area contributed by atoms with Gasteiger partial charge in [-0.25, -0.2) is 0 Å². The van der Waals surface area contributed by atoms with E-state index < -0.39 is 29.5 Å². The largest absolute Gasteiger partial charge is 0.388 e. The SMILES string of the molecule is O[C@@H]1[C@H](Cl)[C@@H]2OC[C@@H](O2)[C@]1(O)Cc1ccccc1. The molecule has 0 saturated carbocycles. The van der Waals surface area contributed by atoms with Crippen molar-refractivity contribution in [3.8, 4) is 0 Å². The van der Waals surface area contributed by atoms with Gasteiger partial charge in [-0.3, -0.25) is 0 Å². The van der Waals surface area contributed by atoms with E-state index in [0.29, 0.717) is 6.42 Å². The van der Waals surface area contributed by atoms with E-state index in [1.807, 2.05) is 30.3 Å². The first-order valence-electron chi connectivity index (χ1n) is 5.97. The molecule has 5 atom stereocenters. The maximum absolute atomic E-state index is 10.7. The van der Waals surface area contributed by atoms with Gasteiger partial charge >= 0.3 is 0 Å². The number of halogens is 1. The number of fused-ring (bicyclic) bond motifs is 2. The van der Waals surface area contributed by atoms with E-state index in [0.717, 1.165) is 5.56 Å². The maximum Gasteiger partial charge on any atom is 0.177 e. The molecule has 0 aliphatic carbocycles. The molecule has 2 aliphatic heterocycles. The minimum absolute atomic E-state index is 0.258. The van der Waals surface area contributed by atoms with Crippen LogP contribution in [0, 0.1) is 0 Å². The molecule has 3 rings (SSSR count). The summed E-state index contributed by atoms with van der Waals surface area (Å²) >= 11 is 6.05. The second-order valence-corrected chi connectivity index (χ2v) is 5.37. The van der Waals surface area contributed by atoms with Gasteiger partial charge in [0, 0.05) is 6.42 Å². The molecule has 0 spiro atoms. The van der Waals surface area contributed by atoms with Crippen LogP contribution in [0.25, 0.3) is 0 Å². The van der Waals surface area contributed by atoms with Crippen LogP contribution in [0.15, 0.2) is 30.3 Å². The van der Waals surface area contributed by atoms with Crippen LogP contribution in [0.4, 0.5) is 0 Å². The average molecular weight is 271 g/mol. The lowest BCUT2D eigenvalue weighted by molar-refractivity contribution is -0.213. The summed E-state index contributed by atoms with van der Waals surface area (Å²) in [6.45, 7) is 0.258. The van der Waals surface area contributed by atoms with Gasteiger partial charge in [-0.2, -0.15) is 0 Å². The van der Waals surface area contributed by atoms with E-state index in [4.69, 9.17) is 21.1 Å². The number of benzene rings is 1. The Morgan fingerprint density at radius 1 is 1.33 bits per heavy atom. The van der Waals surface area contributed by atoms with E-state index in [2.05, 4.69) is 0 Å². The standard InChI is InChI=1S/C13H15ClO4/c14-10-11(15)13(16,9-7-17-12(10)18-9)6-8-4-2-1-3-5-8/h1-5,9-12,15-16H,6-7H2/t9-,10+,11-,12-,13-/m1/s1. The lowest BCUT2D eigenvalue weighted by Crippen LogP contribution is -2.62. The van der Waals surface area contributed by atoms with E-state index >= 15 is 0 Å². The molecular weight excluding hydrogens is 256 g/mol. The van der Waals surface area contributed by atoms with Crippen LogP contribution >= 0.6 is 11.6 Å². The molecule has 1 aromatic rings. The van der Waals surface area contributed by atoms with E-state index in [9.17, 15) is 10.2 Å². The first-order valence-corrected chi connectivity index (χ1v) is 6.40. The highest BCUT2D eigenvalue weighted by Gasteiger charge is 2.58. The normalized spacial score (nSPS) is 43.1. The Hall–Kier alpha value is -0.650. The van der Waals surface area contributed by atoms with Crippen LogP contribution < -0.4 is 0 Å². The Labute approximate surface area is 110 Å². The molecule has 4 nitrogen and oxygen atoms in total. The van der Waals surface area contributed by atoms with Crippen molar-refractivity contribution in [2.24, 2.45) is 0 Å². The maximum atomic E-state index is 10.7. The molecule has 2 N–H and O–H groups in total. The summed E-state index contributed by atoms with van der Waals surface area (Å²) in [4.78, 5) is 0. The van der Waals surface area contributed by atoms with Gasteiger partial charge in [-0.15, -0.1) is 11.6 Å². The highest BCUT2D eigenvalue weighted by atomic mass is 35.5. The molecule has 0 radical (unpaired) electrons. The monoisotopic (exact) mass is 270 g/mol. The number of alkyl halides is 1. The molecule has 5 heteroatoms. The third kappa shape index (κ3) is 1.85. The van der Waals surface area contributed by atoms with Crippen molar-refractivity contribution in [2.75, 3.05) is 6.61 Å². The van der Waals surface area contributed by atoms with Crippen LogP contribution in [-0.2, 0) is 15.9 Å². The van der Waals surface area contributed by atoms with Gasteiger partial charge in [-0.1, -0.05) is 30.3 Å². The van der Waals surface area contributed by atoms with Crippen molar-refractivity contribution in [1.82, 2.24) is 0 Å². The summed E-state index contributed by atoms with van der Waals surface area (Å²) in [6, 6.07) is 9.48. The van der Waals surface area contributed by atoms with E-state index in [-0.39, 0.29) is 6.61 Å². The van der Waals surface area contributed by atoms with E-state index in [1.165, 1.54) is 0 Å². The molecule has 2 fully saturated rings. The molecule has 0 aromatic heterocycles. The Kier molecular flexibility index (Phi) is 3.08. The molecule has 18 heavy (non-hydrogen) atoms. The average Bonchev–Trinajstić information content (AvgIpc) is 2.84. The predicted octanol–water partition coefficient (Wildman–Crippen LogP) is 0.684. The highest BCUT2D eigenvalue weighted by Crippen LogP contribution is 2.39. The summed E-state index contributed by atoms with van der Waals surface area (Å²) in [5.74, 6) is 0. The quantitative estimate of drug-likeness (QED) is 0.776. The number of hydrogen-bond donors (Lipinski definition) is 2. The minimum Gasteiger partial charge on any atom is -0.388 e. The Morgan fingerprint density at radius 3 is 2.78 bits per heavy atom. The fourth-order valence-electron chi connectivity index (χ4n) is 2.61.